The van der Waals surface area contributed by atoms with Gasteiger partial charge in [0, 0.05) is 11.3 Å². The van der Waals surface area contributed by atoms with Crippen LogP contribution in [-0.4, -0.2) is 60.4 Å². The van der Waals surface area contributed by atoms with E-state index in [9.17, 15) is 14.4 Å². The number of methoxy groups -OCH3 is 2. The minimum atomic E-state index is -0.732. The SMILES string of the molecule is CCCSc1nnc(-c2ccccc2N2COCC(C(=O)OC)=C2C(=O)OC)c(=O)[nH]1. The van der Waals surface area contributed by atoms with Gasteiger partial charge in [-0.05, 0) is 12.5 Å². The molecule has 0 amide bonds. The quantitative estimate of drug-likeness (QED) is 0.497. The molecule has 3 rings (SSSR count). The van der Waals surface area contributed by atoms with Gasteiger partial charge in [0.05, 0.1) is 32.1 Å². The van der Waals surface area contributed by atoms with Gasteiger partial charge in [-0.1, -0.05) is 36.9 Å². The normalized spacial score (nSPS) is 13.8. The summed E-state index contributed by atoms with van der Waals surface area (Å²) in [6.07, 6.45) is 0.930. The fraction of sp³-hybridized carbons (Fsp3) is 0.350. The Morgan fingerprint density at radius 3 is 2.61 bits per heavy atom. The molecule has 0 aliphatic carbocycles. The van der Waals surface area contributed by atoms with Crippen LogP contribution in [0.5, 0.6) is 0 Å². The summed E-state index contributed by atoms with van der Waals surface area (Å²) in [4.78, 5) is 41.7. The third-order valence-electron chi connectivity index (χ3n) is 4.40. The number of hydrogen-bond donors (Lipinski definition) is 1. The number of hydrogen-bond acceptors (Lipinski definition) is 10. The van der Waals surface area contributed by atoms with Crippen LogP contribution in [0.4, 0.5) is 5.69 Å². The molecule has 11 heteroatoms. The second-order valence-corrected chi connectivity index (χ2v) is 7.47. The second kappa shape index (κ2) is 10.2. The average Bonchev–Trinajstić information content (AvgIpc) is 2.81. The molecule has 2 aromatic rings. The summed E-state index contributed by atoms with van der Waals surface area (Å²) >= 11 is 1.40. The second-order valence-electron chi connectivity index (χ2n) is 6.39. The summed E-state index contributed by atoms with van der Waals surface area (Å²) in [7, 11) is 2.43. The number of thioether (sulfide) groups is 1. The van der Waals surface area contributed by atoms with Crippen LogP contribution in [-0.2, 0) is 23.8 Å². The van der Waals surface area contributed by atoms with E-state index < -0.39 is 17.5 Å². The van der Waals surface area contributed by atoms with Gasteiger partial charge in [0.2, 0.25) is 0 Å². The maximum absolute atomic E-state index is 12.7. The summed E-state index contributed by atoms with van der Waals surface area (Å²) in [6.45, 7) is 1.87. The number of carbonyl (C=O) groups excluding carboxylic acids is 2. The third kappa shape index (κ3) is 4.78. The average molecular weight is 446 g/mol. The van der Waals surface area contributed by atoms with Crippen LogP contribution in [0.25, 0.3) is 11.3 Å². The first-order valence-electron chi connectivity index (χ1n) is 9.46. The Kier molecular flexibility index (Phi) is 7.42. The van der Waals surface area contributed by atoms with E-state index in [0.717, 1.165) is 12.2 Å². The van der Waals surface area contributed by atoms with Crippen molar-refractivity contribution in [2.45, 2.75) is 18.5 Å². The number of H-pyrrole nitrogens is 1. The lowest BCUT2D eigenvalue weighted by Gasteiger charge is -2.32. The zero-order valence-corrected chi connectivity index (χ0v) is 18.2. The van der Waals surface area contributed by atoms with Gasteiger partial charge in [0.25, 0.3) is 5.56 Å². The number of esters is 2. The Labute approximate surface area is 182 Å². The Morgan fingerprint density at radius 1 is 1.19 bits per heavy atom. The fourth-order valence-electron chi connectivity index (χ4n) is 3.00. The Hall–Kier alpha value is -3.18. The number of nitrogens with one attached hydrogen (secondary N) is 1. The van der Waals surface area contributed by atoms with Crippen molar-refractivity contribution in [3.63, 3.8) is 0 Å². The van der Waals surface area contributed by atoms with Crippen molar-refractivity contribution in [3.8, 4) is 11.3 Å². The maximum Gasteiger partial charge on any atom is 0.355 e. The summed E-state index contributed by atoms with van der Waals surface area (Å²) in [5.74, 6) is -0.641. The van der Waals surface area contributed by atoms with Gasteiger partial charge in [-0.15, -0.1) is 10.2 Å². The number of rotatable bonds is 7. The van der Waals surface area contributed by atoms with Crippen molar-refractivity contribution in [1.82, 2.24) is 15.2 Å². The first-order chi connectivity index (χ1) is 15.0. The van der Waals surface area contributed by atoms with Gasteiger partial charge >= 0.3 is 11.9 Å². The monoisotopic (exact) mass is 446 g/mol. The molecule has 0 fully saturated rings. The Bertz CT molecular complexity index is 1070. The van der Waals surface area contributed by atoms with E-state index in [1.54, 1.807) is 24.3 Å². The molecular weight excluding hydrogens is 424 g/mol. The van der Waals surface area contributed by atoms with Gasteiger partial charge in [0.15, 0.2) is 10.9 Å². The minimum Gasteiger partial charge on any atom is -0.466 e. The number of carbonyl (C=O) groups is 2. The van der Waals surface area contributed by atoms with Crippen LogP contribution in [0.15, 0.2) is 45.5 Å². The highest BCUT2D eigenvalue weighted by Gasteiger charge is 2.33. The zero-order valence-electron chi connectivity index (χ0n) is 17.3. The largest absolute Gasteiger partial charge is 0.466 e. The van der Waals surface area contributed by atoms with Crippen LogP contribution in [0.3, 0.4) is 0 Å². The molecule has 1 aromatic heterocycles. The Balaban J connectivity index is 2.12. The molecule has 2 heterocycles. The van der Waals surface area contributed by atoms with Crippen molar-refractivity contribution in [1.29, 1.82) is 0 Å². The first-order valence-corrected chi connectivity index (χ1v) is 10.4. The maximum atomic E-state index is 12.7. The van der Waals surface area contributed by atoms with Crippen LogP contribution in [0, 0.1) is 0 Å². The fourth-order valence-corrected chi connectivity index (χ4v) is 3.67. The van der Waals surface area contributed by atoms with Crippen molar-refractivity contribution in [3.05, 3.63) is 45.9 Å². The lowest BCUT2D eigenvalue weighted by molar-refractivity contribution is -0.140. The van der Waals surface area contributed by atoms with Crippen molar-refractivity contribution < 1.29 is 23.8 Å². The number of anilines is 1. The van der Waals surface area contributed by atoms with Crippen molar-refractivity contribution >= 4 is 29.4 Å². The van der Waals surface area contributed by atoms with E-state index in [0.29, 0.717) is 16.4 Å². The molecule has 31 heavy (non-hydrogen) atoms. The molecule has 0 radical (unpaired) electrons. The molecule has 0 unspecified atom stereocenters. The minimum absolute atomic E-state index is 0.0155. The van der Waals surface area contributed by atoms with E-state index in [2.05, 4.69) is 15.2 Å². The predicted octanol–water partition coefficient (Wildman–Crippen LogP) is 1.73. The lowest BCUT2D eigenvalue weighted by atomic mass is 10.1. The summed E-state index contributed by atoms with van der Waals surface area (Å²) in [6, 6.07) is 6.82. The molecular formula is C20H22N4O6S. The van der Waals surface area contributed by atoms with Crippen molar-refractivity contribution in [2.24, 2.45) is 0 Å². The van der Waals surface area contributed by atoms with E-state index in [-0.39, 0.29) is 30.3 Å². The van der Waals surface area contributed by atoms with Crippen LogP contribution < -0.4 is 10.5 Å². The molecule has 1 aromatic carbocycles. The van der Waals surface area contributed by atoms with E-state index in [4.69, 9.17) is 14.2 Å². The smallest absolute Gasteiger partial charge is 0.355 e. The standard InChI is InChI=1S/C20H22N4O6S/c1-4-9-31-20-21-17(25)15(22-23-20)12-7-5-6-8-14(12)24-11-30-10-13(18(26)28-2)16(24)19(27)29-3/h5-8H,4,9-11H2,1-3H3,(H,21,23,25). The van der Waals surface area contributed by atoms with E-state index in [1.165, 1.54) is 30.9 Å². The molecule has 0 spiro atoms. The number of para-hydroxylation sites is 1. The van der Waals surface area contributed by atoms with Crippen LogP contribution >= 0.6 is 11.8 Å². The van der Waals surface area contributed by atoms with Crippen LogP contribution in [0.2, 0.25) is 0 Å². The molecule has 0 saturated heterocycles. The van der Waals surface area contributed by atoms with E-state index >= 15 is 0 Å². The number of aromatic nitrogens is 3. The van der Waals surface area contributed by atoms with Gasteiger partial charge < -0.3 is 19.1 Å². The van der Waals surface area contributed by atoms with Gasteiger partial charge in [-0.3, -0.25) is 9.78 Å². The molecule has 1 aliphatic heterocycles. The number of aromatic amines is 1. The van der Waals surface area contributed by atoms with Gasteiger partial charge in [-0.2, -0.15) is 0 Å². The molecule has 1 N–H and O–H groups in total. The number of benzene rings is 1. The summed E-state index contributed by atoms with van der Waals surface area (Å²) in [5, 5.41) is 8.64. The summed E-state index contributed by atoms with van der Waals surface area (Å²) < 4.78 is 15.2. The van der Waals surface area contributed by atoms with Gasteiger partial charge in [0.1, 0.15) is 12.4 Å². The highest BCUT2D eigenvalue weighted by atomic mass is 32.2. The topological polar surface area (TPSA) is 124 Å². The van der Waals surface area contributed by atoms with Crippen LogP contribution in [0.1, 0.15) is 13.3 Å². The lowest BCUT2D eigenvalue weighted by Crippen LogP contribution is -2.39. The molecule has 10 nitrogen and oxygen atoms in total. The summed E-state index contributed by atoms with van der Waals surface area (Å²) in [5.41, 5.74) is 0.494. The predicted molar refractivity (Wildman–Crippen MR) is 113 cm³/mol. The van der Waals surface area contributed by atoms with E-state index in [1.807, 2.05) is 6.92 Å². The Morgan fingerprint density at radius 2 is 1.94 bits per heavy atom. The third-order valence-corrected chi connectivity index (χ3v) is 5.47. The molecule has 164 valence electrons. The molecule has 0 bridgehead atoms. The molecule has 0 saturated carbocycles. The van der Waals surface area contributed by atoms with Gasteiger partial charge in [-0.25, -0.2) is 9.59 Å². The number of nitrogens with zero attached hydrogens (tertiary/aromatic N) is 3. The molecule has 1 aliphatic rings. The van der Waals surface area contributed by atoms with Crippen molar-refractivity contribution in [2.75, 3.05) is 38.2 Å². The number of ether oxygens (including phenoxy) is 3. The molecule has 0 atom stereocenters. The first kappa shape index (κ1) is 22.5. The highest BCUT2D eigenvalue weighted by molar-refractivity contribution is 7.99. The zero-order chi connectivity index (χ0) is 22.4. The highest BCUT2D eigenvalue weighted by Crippen LogP contribution is 2.33.